The van der Waals surface area contributed by atoms with Gasteiger partial charge in [0.1, 0.15) is 4.88 Å². The molecule has 1 saturated heterocycles. The lowest BCUT2D eigenvalue weighted by Gasteiger charge is -2.38. The second-order valence-electron chi connectivity index (χ2n) is 4.63. The van der Waals surface area contributed by atoms with Crippen LogP contribution in [0.15, 0.2) is 0 Å². The summed E-state index contributed by atoms with van der Waals surface area (Å²) >= 11 is 1.50. The second-order valence-corrected chi connectivity index (χ2v) is 5.83. The van der Waals surface area contributed by atoms with E-state index in [0.29, 0.717) is 6.04 Å². The molecule has 0 aliphatic carbocycles. The predicted molar refractivity (Wildman–Crippen MR) is 69.6 cm³/mol. The Hall–Kier alpha value is -0.940. The number of hydrogen-bond donors (Lipinski definition) is 1. The Morgan fingerprint density at radius 1 is 1.47 bits per heavy atom. The molecule has 94 valence electrons. The molecule has 0 aromatic carbocycles. The highest BCUT2D eigenvalue weighted by atomic mass is 32.1. The third-order valence-corrected chi connectivity index (χ3v) is 4.45. The summed E-state index contributed by atoms with van der Waals surface area (Å²) in [4.78, 5) is 19.5. The Kier molecular flexibility index (Phi) is 3.49. The number of piperazine rings is 1. The van der Waals surface area contributed by atoms with Crippen LogP contribution in [0, 0.1) is 13.8 Å². The molecule has 1 aliphatic rings. The summed E-state index contributed by atoms with van der Waals surface area (Å²) in [7, 11) is 0. The number of nitrogens with one attached hydrogen (secondary N) is 1. The highest BCUT2D eigenvalue weighted by Crippen LogP contribution is 2.21. The Bertz CT molecular complexity index is 429. The van der Waals surface area contributed by atoms with Crippen LogP contribution in [-0.4, -0.2) is 41.0 Å². The van der Waals surface area contributed by atoms with Gasteiger partial charge in [-0.25, -0.2) is 4.98 Å². The average molecular weight is 253 g/mol. The summed E-state index contributed by atoms with van der Waals surface area (Å²) in [6.07, 6.45) is 0. The zero-order valence-electron chi connectivity index (χ0n) is 10.8. The zero-order chi connectivity index (χ0) is 12.6. The first-order chi connectivity index (χ1) is 8.00. The van der Waals surface area contributed by atoms with Crippen LogP contribution in [0.5, 0.6) is 0 Å². The summed E-state index contributed by atoms with van der Waals surface area (Å²) in [5, 5.41) is 4.34. The van der Waals surface area contributed by atoms with Crippen LogP contribution in [0.3, 0.4) is 0 Å². The maximum atomic E-state index is 12.5. The molecular weight excluding hydrogens is 234 g/mol. The Morgan fingerprint density at radius 2 is 2.18 bits per heavy atom. The fourth-order valence-corrected chi connectivity index (χ4v) is 3.08. The van der Waals surface area contributed by atoms with Crippen LogP contribution >= 0.6 is 11.3 Å². The van der Waals surface area contributed by atoms with E-state index in [1.807, 2.05) is 18.7 Å². The fraction of sp³-hybridized carbons (Fsp3) is 0.667. The molecule has 1 N–H and O–H groups in total. The minimum Gasteiger partial charge on any atom is -0.332 e. The van der Waals surface area contributed by atoms with Crippen molar-refractivity contribution in [3.8, 4) is 0 Å². The first kappa shape index (κ1) is 12.5. The summed E-state index contributed by atoms with van der Waals surface area (Å²) < 4.78 is 0. The topological polar surface area (TPSA) is 45.2 Å². The van der Waals surface area contributed by atoms with E-state index in [2.05, 4.69) is 24.1 Å². The van der Waals surface area contributed by atoms with Gasteiger partial charge in [-0.1, -0.05) is 0 Å². The quantitative estimate of drug-likeness (QED) is 0.826. The van der Waals surface area contributed by atoms with E-state index < -0.39 is 0 Å². The average Bonchev–Trinajstić information content (AvgIpc) is 2.61. The van der Waals surface area contributed by atoms with Gasteiger partial charge >= 0.3 is 0 Å². The van der Waals surface area contributed by atoms with Crippen molar-refractivity contribution in [3.63, 3.8) is 0 Å². The Morgan fingerprint density at radius 3 is 2.76 bits per heavy atom. The van der Waals surface area contributed by atoms with Crippen LogP contribution in [0.2, 0.25) is 0 Å². The fourth-order valence-electron chi connectivity index (χ4n) is 2.20. The van der Waals surface area contributed by atoms with E-state index in [9.17, 15) is 4.79 Å². The number of carbonyl (C=O) groups excluding carboxylic acids is 1. The standard InChI is InChI=1S/C12H19N3OS/c1-7-9(3)15(6-5-13-7)12(16)11-8(2)14-10(4)17-11/h7,9,13H,5-6H2,1-4H3. The van der Waals surface area contributed by atoms with Gasteiger partial charge in [0.15, 0.2) is 0 Å². The van der Waals surface area contributed by atoms with Crippen molar-refractivity contribution in [2.24, 2.45) is 0 Å². The van der Waals surface area contributed by atoms with Crippen molar-refractivity contribution in [2.45, 2.75) is 39.8 Å². The second kappa shape index (κ2) is 4.74. The zero-order valence-corrected chi connectivity index (χ0v) is 11.6. The maximum absolute atomic E-state index is 12.5. The first-order valence-electron chi connectivity index (χ1n) is 5.99. The number of hydrogen-bond acceptors (Lipinski definition) is 4. The van der Waals surface area contributed by atoms with E-state index in [-0.39, 0.29) is 11.9 Å². The molecule has 2 rings (SSSR count). The number of aryl methyl sites for hydroxylation is 2. The van der Waals surface area contributed by atoms with Crippen molar-refractivity contribution < 1.29 is 4.79 Å². The van der Waals surface area contributed by atoms with Gasteiger partial charge in [0.05, 0.1) is 10.7 Å². The van der Waals surface area contributed by atoms with Crippen molar-refractivity contribution in [1.82, 2.24) is 15.2 Å². The molecule has 1 aliphatic heterocycles. The van der Waals surface area contributed by atoms with Crippen molar-refractivity contribution in [2.75, 3.05) is 13.1 Å². The molecule has 1 amide bonds. The van der Waals surface area contributed by atoms with Crippen LogP contribution in [0.4, 0.5) is 0 Å². The molecule has 17 heavy (non-hydrogen) atoms. The molecule has 0 saturated carbocycles. The van der Waals surface area contributed by atoms with Gasteiger partial charge in [0, 0.05) is 25.2 Å². The van der Waals surface area contributed by atoms with Gasteiger partial charge in [-0.15, -0.1) is 11.3 Å². The number of nitrogens with zero attached hydrogens (tertiary/aromatic N) is 2. The molecule has 2 unspecified atom stereocenters. The lowest BCUT2D eigenvalue weighted by Crippen LogP contribution is -2.57. The molecule has 0 spiro atoms. The highest BCUT2D eigenvalue weighted by Gasteiger charge is 2.30. The minimum absolute atomic E-state index is 0.133. The number of thiazole rings is 1. The molecule has 2 heterocycles. The largest absolute Gasteiger partial charge is 0.332 e. The molecule has 1 aromatic rings. The third-order valence-electron chi connectivity index (χ3n) is 3.39. The number of carbonyl (C=O) groups is 1. The lowest BCUT2D eigenvalue weighted by molar-refractivity contribution is 0.0607. The number of aromatic nitrogens is 1. The molecule has 2 atom stereocenters. The number of rotatable bonds is 1. The summed E-state index contributed by atoms with van der Waals surface area (Å²) in [5.41, 5.74) is 0.857. The van der Waals surface area contributed by atoms with E-state index in [1.165, 1.54) is 11.3 Å². The molecule has 0 radical (unpaired) electrons. The van der Waals surface area contributed by atoms with Crippen molar-refractivity contribution in [3.05, 3.63) is 15.6 Å². The maximum Gasteiger partial charge on any atom is 0.266 e. The highest BCUT2D eigenvalue weighted by molar-refractivity contribution is 7.13. The van der Waals surface area contributed by atoms with Gasteiger partial charge < -0.3 is 10.2 Å². The van der Waals surface area contributed by atoms with E-state index in [0.717, 1.165) is 28.7 Å². The van der Waals surface area contributed by atoms with Crippen LogP contribution in [0.1, 0.15) is 34.2 Å². The van der Waals surface area contributed by atoms with E-state index >= 15 is 0 Å². The SMILES string of the molecule is Cc1nc(C)c(C(=O)N2CCNC(C)C2C)s1. The Balaban J connectivity index is 2.22. The monoisotopic (exact) mass is 253 g/mol. The summed E-state index contributed by atoms with van der Waals surface area (Å²) in [6, 6.07) is 0.583. The third kappa shape index (κ3) is 2.35. The lowest BCUT2D eigenvalue weighted by atomic mass is 10.1. The van der Waals surface area contributed by atoms with Crippen LogP contribution in [-0.2, 0) is 0 Å². The molecule has 4 nitrogen and oxygen atoms in total. The number of amides is 1. The minimum atomic E-state index is 0.133. The van der Waals surface area contributed by atoms with Crippen molar-refractivity contribution in [1.29, 1.82) is 0 Å². The van der Waals surface area contributed by atoms with Crippen LogP contribution < -0.4 is 5.32 Å². The molecule has 0 bridgehead atoms. The van der Waals surface area contributed by atoms with Crippen LogP contribution in [0.25, 0.3) is 0 Å². The first-order valence-corrected chi connectivity index (χ1v) is 6.80. The molecular formula is C12H19N3OS. The Labute approximate surface area is 106 Å². The molecule has 1 fully saturated rings. The van der Waals surface area contributed by atoms with Gasteiger partial charge in [0.2, 0.25) is 0 Å². The summed E-state index contributed by atoms with van der Waals surface area (Å²) in [5.74, 6) is 0.133. The van der Waals surface area contributed by atoms with Gasteiger partial charge in [-0.05, 0) is 27.7 Å². The van der Waals surface area contributed by atoms with Gasteiger partial charge in [-0.3, -0.25) is 4.79 Å². The van der Waals surface area contributed by atoms with Crippen molar-refractivity contribution >= 4 is 17.2 Å². The normalized spacial score (nSPS) is 25.1. The van der Waals surface area contributed by atoms with Gasteiger partial charge in [0.25, 0.3) is 5.91 Å². The summed E-state index contributed by atoms with van der Waals surface area (Å²) in [6.45, 7) is 9.72. The predicted octanol–water partition coefficient (Wildman–Crippen LogP) is 1.58. The molecule has 5 heteroatoms. The van der Waals surface area contributed by atoms with E-state index in [1.54, 1.807) is 0 Å². The van der Waals surface area contributed by atoms with E-state index in [4.69, 9.17) is 0 Å². The van der Waals surface area contributed by atoms with Gasteiger partial charge in [-0.2, -0.15) is 0 Å². The smallest absolute Gasteiger partial charge is 0.266 e. The molecule has 1 aromatic heterocycles.